The van der Waals surface area contributed by atoms with E-state index in [1.165, 1.54) is 0 Å². The van der Waals surface area contributed by atoms with Crippen molar-refractivity contribution in [2.75, 3.05) is 25.0 Å². The molecule has 2 heterocycles. The minimum Gasteiger partial charge on any atom is -0.378 e. The number of rotatable bonds is 4. The van der Waals surface area contributed by atoms with Crippen molar-refractivity contribution in [2.45, 2.75) is 25.9 Å². The lowest BCUT2D eigenvalue weighted by Gasteiger charge is -2.32. The number of likely N-dealkylation sites (tertiary alicyclic amines) is 1. The molecule has 1 aromatic heterocycles. The topological polar surface area (TPSA) is 41.6 Å². The number of benzene rings is 1. The molecule has 1 aliphatic rings. The van der Waals surface area contributed by atoms with Crippen molar-refractivity contribution in [3.63, 3.8) is 0 Å². The SMILES string of the molecule is CCOC1CCN(C(=O)Nc2ccccc2-c2cccs2)CC1. The van der Waals surface area contributed by atoms with Crippen LogP contribution in [0.5, 0.6) is 0 Å². The second kappa shape index (κ2) is 7.62. The Hall–Kier alpha value is -1.85. The average molecular weight is 330 g/mol. The first kappa shape index (κ1) is 16.0. The number of anilines is 1. The molecule has 2 amide bonds. The van der Waals surface area contributed by atoms with E-state index in [-0.39, 0.29) is 6.03 Å². The normalized spacial score (nSPS) is 15.6. The highest BCUT2D eigenvalue weighted by molar-refractivity contribution is 7.13. The summed E-state index contributed by atoms with van der Waals surface area (Å²) in [5.74, 6) is 0. The number of para-hydroxylation sites is 1. The molecule has 23 heavy (non-hydrogen) atoms. The molecule has 2 aromatic rings. The van der Waals surface area contributed by atoms with E-state index in [0.717, 1.165) is 48.7 Å². The van der Waals surface area contributed by atoms with Crippen LogP contribution in [0.1, 0.15) is 19.8 Å². The number of nitrogens with one attached hydrogen (secondary N) is 1. The van der Waals surface area contributed by atoms with Crippen LogP contribution in [-0.2, 0) is 4.74 Å². The van der Waals surface area contributed by atoms with Gasteiger partial charge in [0.15, 0.2) is 0 Å². The van der Waals surface area contributed by atoms with Crippen LogP contribution >= 0.6 is 11.3 Å². The highest BCUT2D eigenvalue weighted by atomic mass is 32.1. The summed E-state index contributed by atoms with van der Waals surface area (Å²) in [5.41, 5.74) is 1.94. The number of carbonyl (C=O) groups is 1. The summed E-state index contributed by atoms with van der Waals surface area (Å²) < 4.78 is 5.64. The van der Waals surface area contributed by atoms with Gasteiger partial charge in [-0.15, -0.1) is 11.3 Å². The van der Waals surface area contributed by atoms with Gasteiger partial charge in [-0.25, -0.2) is 4.79 Å². The number of piperidine rings is 1. The number of thiophene rings is 1. The van der Waals surface area contributed by atoms with Crippen molar-refractivity contribution in [1.29, 1.82) is 0 Å². The van der Waals surface area contributed by atoms with Crippen molar-refractivity contribution in [2.24, 2.45) is 0 Å². The van der Waals surface area contributed by atoms with Crippen molar-refractivity contribution in [1.82, 2.24) is 4.90 Å². The molecule has 0 atom stereocenters. The minimum absolute atomic E-state index is 0.0241. The molecule has 5 heteroatoms. The fourth-order valence-electron chi connectivity index (χ4n) is 2.89. The van der Waals surface area contributed by atoms with Crippen LogP contribution in [0.25, 0.3) is 10.4 Å². The fraction of sp³-hybridized carbons (Fsp3) is 0.389. The third kappa shape index (κ3) is 3.92. The summed E-state index contributed by atoms with van der Waals surface area (Å²) in [7, 11) is 0. The lowest BCUT2D eigenvalue weighted by molar-refractivity contribution is 0.0232. The van der Waals surface area contributed by atoms with E-state index in [1.54, 1.807) is 11.3 Å². The summed E-state index contributed by atoms with van der Waals surface area (Å²) in [4.78, 5) is 15.6. The monoisotopic (exact) mass is 330 g/mol. The lowest BCUT2D eigenvalue weighted by atomic mass is 10.1. The zero-order valence-corrected chi connectivity index (χ0v) is 14.1. The molecule has 1 fully saturated rings. The lowest BCUT2D eigenvalue weighted by Crippen LogP contribution is -2.43. The number of hydrogen-bond acceptors (Lipinski definition) is 3. The van der Waals surface area contributed by atoms with Gasteiger partial charge in [0.25, 0.3) is 0 Å². The first-order chi connectivity index (χ1) is 11.3. The van der Waals surface area contributed by atoms with Crippen LogP contribution in [0.3, 0.4) is 0 Å². The molecule has 1 saturated heterocycles. The van der Waals surface area contributed by atoms with Crippen LogP contribution in [0.15, 0.2) is 41.8 Å². The largest absolute Gasteiger partial charge is 0.378 e. The standard InChI is InChI=1S/C18H22N2O2S/c1-2-22-14-9-11-20(12-10-14)18(21)19-16-7-4-3-6-15(16)17-8-5-13-23-17/h3-8,13-14H,2,9-12H2,1H3,(H,19,21). The van der Waals surface area contributed by atoms with Gasteiger partial charge in [-0.1, -0.05) is 24.3 Å². The van der Waals surface area contributed by atoms with E-state index in [0.29, 0.717) is 6.10 Å². The quantitative estimate of drug-likeness (QED) is 0.900. The number of hydrogen-bond donors (Lipinski definition) is 1. The first-order valence-corrected chi connectivity index (χ1v) is 8.96. The van der Waals surface area contributed by atoms with Crippen LogP contribution in [0.4, 0.5) is 10.5 Å². The Morgan fingerprint density at radius 2 is 2.04 bits per heavy atom. The molecule has 1 aliphatic heterocycles. The molecule has 122 valence electrons. The van der Waals surface area contributed by atoms with Gasteiger partial charge in [-0.3, -0.25) is 0 Å². The predicted octanol–water partition coefficient (Wildman–Crippen LogP) is 4.45. The number of urea groups is 1. The molecule has 0 saturated carbocycles. The number of carbonyl (C=O) groups excluding carboxylic acids is 1. The van der Waals surface area contributed by atoms with Gasteiger partial charge in [-0.2, -0.15) is 0 Å². The molecule has 0 bridgehead atoms. The highest BCUT2D eigenvalue weighted by Crippen LogP contribution is 2.31. The number of nitrogens with zero attached hydrogens (tertiary/aromatic N) is 1. The summed E-state index contributed by atoms with van der Waals surface area (Å²) in [6.45, 7) is 4.25. The molecule has 0 spiro atoms. The second-order valence-corrected chi connectivity index (χ2v) is 6.54. The maximum Gasteiger partial charge on any atom is 0.321 e. The maximum absolute atomic E-state index is 12.5. The van der Waals surface area contributed by atoms with Crippen LogP contribution < -0.4 is 5.32 Å². The van der Waals surface area contributed by atoms with Crippen molar-refractivity contribution in [3.05, 3.63) is 41.8 Å². The Labute approximate surface area is 141 Å². The molecular formula is C18H22N2O2S. The smallest absolute Gasteiger partial charge is 0.321 e. The van der Waals surface area contributed by atoms with Crippen LogP contribution in [0.2, 0.25) is 0 Å². The highest BCUT2D eigenvalue weighted by Gasteiger charge is 2.23. The van der Waals surface area contributed by atoms with E-state index < -0.39 is 0 Å². The summed E-state index contributed by atoms with van der Waals surface area (Å²) in [6, 6.07) is 12.0. The molecule has 3 rings (SSSR count). The summed E-state index contributed by atoms with van der Waals surface area (Å²) in [6.07, 6.45) is 2.12. The van der Waals surface area contributed by atoms with Gasteiger partial charge in [0, 0.05) is 30.1 Å². The zero-order chi connectivity index (χ0) is 16.1. The van der Waals surface area contributed by atoms with E-state index >= 15 is 0 Å². The van der Waals surface area contributed by atoms with Gasteiger partial charge in [-0.05, 0) is 37.3 Å². The van der Waals surface area contributed by atoms with Gasteiger partial charge in [0.1, 0.15) is 0 Å². The summed E-state index contributed by atoms with van der Waals surface area (Å²) >= 11 is 1.68. The van der Waals surface area contributed by atoms with E-state index in [4.69, 9.17) is 4.74 Å². The Balaban J connectivity index is 1.65. The molecule has 1 aromatic carbocycles. The van der Waals surface area contributed by atoms with Crippen LogP contribution in [-0.4, -0.2) is 36.7 Å². The van der Waals surface area contributed by atoms with Gasteiger partial charge in [0.05, 0.1) is 11.8 Å². The van der Waals surface area contributed by atoms with Crippen molar-refractivity contribution in [3.8, 4) is 10.4 Å². The van der Waals surface area contributed by atoms with Gasteiger partial charge in [0.2, 0.25) is 0 Å². The van der Waals surface area contributed by atoms with Gasteiger partial charge < -0.3 is 15.0 Å². The third-order valence-electron chi connectivity index (χ3n) is 4.09. The predicted molar refractivity (Wildman–Crippen MR) is 95.0 cm³/mol. The van der Waals surface area contributed by atoms with Crippen LogP contribution in [0, 0.1) is 0 Å². The van der Waals surface area contributed by atoms with E-state index in [1.807, 2.05) is 47.5 Å². The molecule has 1 N–H and O–H groups in total. The number of amides is 2. The third-order valence-corrected chi connectivity index (χ3v) is 4.99. The van der Waals surface area contributed by atoms with Crippen molar-refractivity contribution >= 4 is 23.1 Å². The second-order valence-electron chi connectivity index (χ2n) is 5.59. The molecular weight excluding hydrogens is 308 g/mol. The summed E-state index contributed by atoms with van der Waals surface area (Å²) in [5, 5.41) is 5.12. The first-order valence-electron chi connectivity index (χ1n) is 8.08. The molecule has 0 unspecified atom stereocenters. The number of ether oxygens (including phenoxy) is 1. The van der Waals surface area contributed by atoms with Crippen molar-refractivity contribution < 1.29 is 9.53 Å². The Morgan fingerprint density at radius 3 is 2.74 bits per heavy atom. The Bertz CT molecular complexity index is 634. The fourth-order valence-corrected chi connectivity index (χ4v) is 3.66. The Kier molecular flexibility index (Phi) is 5.31. The van der Waals surface area contributed by atoms with E-state index in [9.17, 15) is 4.79 Å². The van der Waals surface area contributed by atoms with E-state index in [2.05, 4.69) is 11.4 Å². The average Bonchev–Trinajstić information content (AvgIpc) is 3.10. The zero-order valence-electron chi connectivity index (χ0n) is 13.3. The Morgan fingerprint density at radius 1 is 1.26 bits per heavy atom. The maximum atomic E-state index is 12.5. The van der Waals surface area contributed by atoms with Gasteiger partial charge >= 0.3 is 6.03 Å². The molecule has 4 nitrogen and oxygen atoms in total. The minimum atomic E-state index is -0.0241. The molecule has 0 aliphatic carbocycles. The molecule has 0 radical (unpaired) electrons.